The second-order valence-electron chi connectivity index (χ2n) is 6.32. The van der Waals surface area contributed by atoms with Gasteiger partial charge in [0.15, 0.2) is 5.76 Å². The van der Waals surface area contributed by atoms with Crippen LogP contribution >= 0.6 is 11.6 Å². The summed E-state index contributed by atoms with van der Waals surface area (Å²) in [7, 11) is -3.69. The lowest BCUT2D eigenvalue weighted by Crippen LogP contribution is -2.37. The molecule has 1 aromatic carbocycles. The van der Waals surface area contributed by atoms with Gasteiger partial charge in [0.2, 0.25) is 10.0 Å². The highest BCUT2D eigenvalue weighted by molar-refractivity contribution is 7.89. The Hall–Kier alpha value is -1.41. The SMILES string of the molecule is Cc1noc(C)c1S(=O)(=O)NCC(c1cccc(Cl)c1)N1CCCC1. The van der Waals surface area contributed by atoms with E-state index in [0.29, 0.717) is 16.5 Å². The van der Waals surface area contributed by atoms with Gasteiger partial charge in [0.1, 0.15) is 10.6 Å². The fourth-order valence-corrected chi connectivity index (χ4v) is 4.91. The molecule has 1 N–H and O–H groups in total. The maximum Gasteiger partial charge on any atom is 0.246 e. The first-order valence-corrected chi connectivity index (χ1v) is 10.2. The molecule has 0 spiro atoms. The second kappa shape index (κ2) is 7.45. The van der Waals surface area contributed by atoms with Crippen molar-refractivity contribution in [2.75, 3.05) is 19.6 Å². The van der Waals surface area contributed by atoms with Crippen LogP contribution in [-0.2, 0) is 10.0 Å². The van der Waals surface area contributed by atoms with Gasteiger partial charge in [0.05, 0.1) is 0 Å². The largest absolute Gasteiger partial charge is 0.360 e. The summed E-state index contributed by atoms with van der Waals surface area (Å²) in [6, 6.07) is 7.54. The molecule has 1 saturated heterocycles. The molecule has 2 aromatic rings. The normalized spacial score (nSPS) is 17.1. The summed E-state index contributed by atoms with van der Waals surface area (Å²) in [6.45, 7) is 5.39. The maximum absolute atomic E-state index is 12.7. The van der Waals surface area contributed by atoms with Crippen molar-refractivity contribution >= 4 is 21.6 Å². The van der Waals surface area contributed by atoms with Crippen molar-refractivity contribution in [3.05, 3.63) is 46.3 Å². The lowest BCUT2D eigenvalue weighted by Gasteiger charge is -2.28. The smallest absolute Gasteiger partial charge is 0.246 e. The highest BCUT2D eigenvalue weighted by atomic mass is 35.5. The van der Waals surface area contributed by atoms with Crippen LogP contribution < -0.4 is 4.72 Å². The molecule has 8 heteroatoms. The molecule has 6 nitrogen and oxygen atoms in total. The van der Waals surface area contributed by atoms with E-state index in [9.17, 15) is 8.42 Å². The quantitative estimate of drug-likeness (QED) is 0.829. The number of nitrogens with one attached hydrogen (secondary N) is 1. The molecule has 0 radical (unpaired) electrons. The molecular weight excluding hydrogens is 362 g/mol. The Bertz CT molecular complexity index is 825. The minimum atomic E-state index is -3.69. The van der Waals surface area contributed by atoms with Crippen LogP contribution in [0.5, 0.6) is 0 Å². The van der Waals surface area contributed by atoms with E-state index in [1.165, 1.54) is 0 Å². The predicted molar refractivity (Wildman–Crippen MR) is 96.2 cm³/mol. The van der Waals surface area contributed by atoms with Crippen molar-refractivity contribution in [3.63, 3.8) is 0 Å². The maximum atomic E-state index is 12.7. The third-order valence-electron chi connectivity index (χ3n) is 4.52. The molecule has 0 saturated carbocycles. The molecule has 25 heavy (non-hydrogen) atoms. The lowest BCUT2D eigenvalue weighted by atomic mass is 10.1. The molecule has 0 aliphatic carbocycles. The van der Waals surface area contributed by atoms with Crippen molar-refractivity contribution in [3.8, 4) is 0 Å². The molecule has 136 valence electrons. The third-order valence-corrected chi connectivity index (χ3v) is 6.42. The Morgan fingerprint density at radius 2 is 2.04 bits per heavy atom. The second-order valence-corrected chi connectivity index (χ2v) is 8.46. The zero-order valence-corrected chi connectivity index (χ0v) is 15.9. The number of halogens is 1. The number of aryl methyl sites for hydroxylation is 2. The Morgan fingerprint density at radius 3 is 2.64 bits per heavy atom. The fraction of sp³-hybridized carbons (Fsp3) is 0.471. The van der Waals surface area contributed by atoms with Gasteiger partial charge in [-0.05, 0) is 57.5 Å². The summed E-state index contributed by atoms with van der Waals surface area (Å²) in [4.78, 5) is 2.42. The van der Waals surface area contributed by atoms with E-state index in [-0.39, 0.29) is 17.5 Å². The van der Waals surface area contributed by atoms with Gasteiger partial charge in [-0.15, -0.1) is 0 Å². The zero-order chi connectivity index (χ0) is 18.0. The Labute approximate surface area is 153 Å². The minimum Gasteiger partial charge on any atom is -0.360 e. The van der Waals surface area contributed by atoms with Crippen LogP contribution in [0.25, 0.3) is 0 Å². The van der Waals surface area contributed by atoms with E-state index in [4.69, 9.17) is 16.1 Å². The molecule has 1 aromatic heterocycles. The third kappa shape index (κ3) is 4.06. The molecule has 1 aliphatic heterocycles. The highest BCUT2D eigenvalue weighted by Gasteiger charge is 2.28. The van der Waals surface area contributed by atoms with Crippen molar-refractivity contribution < 1.29 is 12.9 Å². The van der Waals surface area contributed by atoms with Gasteiger partial charge in [-0.1, -0.05) is 28.9 Å². The predicted octanol–water partition coefficient (Wildman–Crippen LogP) is 3.06. The minimum absolute atomic E-state index is 0.0588. The van der Waals surface area contributed by atoms with Crippen LogP contribution in [0.1, 0.15) is 35.9 Å². The van der Waals surface area contributed by atoms with Gasteiger partial charge >= 0.3 is 0 Å². The van der Waals surface area contributed by atoms with Gasteiger partial charge in [-0.25, -0.2) is 13.1 Å². The van der Waals surface area contributed by atoms with Crippen molar-refractivity contribution in [2.24, 2.45) is 0 Å². The standard InChI is InChI=1S/C17H22ClN3O3S/c1-12-17(13(2)24-20-12)25(22,23)19-11-16(21-8-3-4-9-21)14-6-5-7-15(18)10-14/h5-7,10,16,19H,3-4,8-9,11H2,1-2H3. The van der Waals surface area contributed by atoms with Gasteiger partial charge in [0.25, 0.3) is 0 Å². The first kappa shape index (κ1) is 18.4. The molecule has 1 aliphatic rings. The summed E-state index contributed by atoms with van der Waals surface area (Å²) in [6.07, 6.45) is 2.24. The summed E-state index contributed by atoms with van der Waals surface area (Å²) >= 11 is 6.13. The fourth-order valence-electron chi connectivity index (χ4n) is 3.34. The number of sulfonamides is 1. The molecule has 1 fully saturated rings. The van der Waals surface area contributed by atoms with Crippen LogP contribution in [0.2, 0.25) is 5.02 Å². The van der Waals surface area contributed by atoms with Crippen molar-refractivity contribution in [2.45, 2.75) is 37.6 Å². The summed E-state index contributed by atoms with van der Waals surface area (Å²) in [5.74, 6) is 0.297. The first-order chi connectivity index (χ1) is 11.9. The Balaban J connectivity index is 1.83. The van der Waals surface area contributed by atoms with E-state index < -0.39 is 10.0 Å². The molecule has 2 heterocycles. The number of rotatable bonds is 6. The zero-order valence-electron chi connectivity index (χ0n) is 14.3. The average molecular weight is 384 g/mol. The van der Waals surface area contributed by atoms with Crippen LogP contribution in [0.15, 0.2) is 33.7 Å². The van der Waals surface area contributed by atoms with Crippen LogP contribution in [-0.4, -0.2) is 38.1 Å². The van der Waals surface area contributed by atoms with Crippen LogP contribution in [0, 0.1) is 13.8 Å². The van der Waals surface area contributed by atoms with E-state index in [0.717, 1.165) is 31.5 Å². The van der Waals surface area contributed by atoms with Crippen molar-refractivity contribution in [1.29, 1.82) is 0 Å². The van der Waals surface area contributed by atoms with Gasteiger partial charge in [-0.3, -0.25) is 4.90 Å². The lowest BCUT2D eigenvalue weighted by molar-refractivity contribution is 0.246. The first-order valence-electron chi connectivity index (χ1n) is 8.30. The molecule has 1 unspecified atom stereocenters. The van der Waals surface area contributed by atoms with E-state index in [1.807, 2.05) is 24.3 Å². The summed E-state index contributed by atoms with van der Waals surface area (Å²) in [5.41, 5.74) is 1.38. The molecule has 1 atom stereocenters. The summed E-state index contributed by atoms with van der Waals surface area (Å²) in [5, 5.41) is 4.38. The topological polar surface area (TPSA) is 75.4 Å². The van der Waals surface area contributed by atoms with Crippen molar-refractivity contribution in [1.82, 2.24) is 14.8 Å². The summed E-state index contributed by atoms with van der Waals surface area (Å²) < 4.78 is 33.1. The number of aromatic nitrogens is 1. The monoisotopic (exact) mass is 383 g/mol. The number of hydrogen-bond acceptors (Lipinski definition) is 5. The number of benzene rings is 1. The number of nitrogens with zero attached hydrogens (tertiary/aromatic N) is 2. The highest BCUT2D eigenvalue weighted by Crippen LogP contribution is 2.27. The molecular formula is C17H22ClN3O3S. The van der Waals surface area contributed by atoms with Crippen LogP contribution in [0.3, 0.4) is 0 Å². The van der Waals surface area contributed by atoms with Gasteiger partial charge < -0.3 is 4.52 Å². The van der Waals surface area contributed by atoms with Crippen LogP contribution in [0.4, 0.5) is 0 Å². The number of hydrogen-bond donors (Lipinski definition) is 1. The molecule has 0 bridgehead atoms. The molecule has 0 amide bonds. The van der Waals surface area contributed by atoms with E-state index in [2.05, 4.69) is 14.8 Å². The van der Waals surface area contributed by atoms with E-state index >= 15 is 0 Å². The average Bonchev–Trinajstić information content (AvgIpc) is 3.18. The Kier molecular flexibility index (Phi) is 5.48. The van der Waals surface area contributed by atoms with Gasteiger partial charge in [0, 0.05) is 17.6 Å². The van der Waals surface area contributed by atoms with Gasteiger partial charge in [-0.2, -0.15) is 0 Å². The number of likely N-dealkylation sites (tertiary alicyclic amines) is 1. The molecule has 3 rings (SSSR count). The van der Waals surface area contributed by atoms with E-state index in [1.54, 1.807) is 13.8 Å². The Morgan fingerprint density at radius 1 is 1.32 bits per heavy atom.